The Morgan fingerprint density at radius 1 is 0.909 bits per heavy atom. The minimum Gasteiger partial charge on any atom is -0.295 e. The Hall–Kier alpha value is -2.60. The number of aromatic amines is 1. The van der Waals surface area contributed by atoms with Crippen LogP contribution in [-0.2, 0) is 16.9 Å². The minimum absolute atomic E-state index is 0.143. The molecule has 0 aliphatic carbocycles. The highest BCUT2D eigenvalue weighted by Gasteiger charge is 2.17. The summed E-state index contributed by atoms with van der Waals surface area (Å²) in [6, 6.07) is 16.2. The third-order valence-corrected chi connectivity index (χ3v) is 5.20. The number of rotatable bonds is 3. The molecule has 0 radical (unpaired) electrons. The number of H-pyrrole nitrogens is 1. The average molecular weight is 314 g/mol. The van der Waals surface area contributed by atoms with E-state index in [0.717, 1.165) is 5.56 Å². The summed E-state index contributed by atoms with van der Waals surface area (Å²) < 4.78 is 26.3. The third-order valence-electron chi connectivity index (χ3n) is 3.42. The zero-order valence-electron chi connectivity index (χ0n) is 11.9. The van der Waals surface area contributed by atoms with Crippen LogP contribution in [0, 0.1) is 0 Å². The maximum atomic E-state index is 12.5. The molecule has 0 atom stereocenters. The molecule has 1 N–H and O–H groups in total. The molecule has 0 fully saturated rings. The lowest BCUT2D eigenvalue weighted by molar-refractivity contribution is 0.596. The molecule has 0 aliphatic heterocycles. The zero-order valence-corrected chi connectivity index (χ0v) is 12.7. The van der Waals surface area contributed by atoms with Gasteiger partial charge < -0.3 is 0 Å². The van der Waals surface area contributed by atoms with E-state index in [1.807, 2.05) is 0 Å². The zero-order chi connectivity index (χ0) is 15.7. The van der Waals surface area contributed by atoms with Gasteiger partial charge in [0, 0.05) is 13.1 Å². The Morgan fingerprint density at radius 3 is 2.05 bits per heavy atom. The van der Waals surface area contributed by atoms with Crippen LogP contribution in [0.3, 0.4) is 0 Å². The molecule has 0 saturated heterocycles. The molecule has 3 aromatic rings. The van der Waals surface area contributed by atoms with Crippen molar-refractivity contribution in [2.45, 2.75) is 9.79 Å². The van der Waals surface area contributed by atoms with E-state index in [0.29, 0.717) is 5.69 Å². The van der Waals surface area contributed by atoms with Crippen LogP contribution in [0.1, 0.15) is 0 Å². The van der Waals surface area contributed by atoms with E-state index >= 15 is 0 Å². The van der Waals surface area contributed by atoms with Crippen LogP contribution in [0.5, 0.6) is 0 Å². The van der Waals surface area contributed by atoms with Crippen molar-refractivity contribution in [3.63, 3.8) is 0 Å². The summed E-state index contributed by atoms with van der Waals surface area (Å²) >= 11 is 0. The van der Waals surface area contributed by atoms with Gasteiger partial charge in [-0.25, -0.2) is 8.42 Å². The predicted octanol–water partition coefficient (Wildman–Crippen LogP) is 2.21. The fourth-order valence-electron chi connectivity index (χ4n) is 2.19. The van der Waals surface area contributed by atoms with Crippen LogP contribution < -0.4 is 5.56 Å². The van der Waals surface area contributed by atoms with E-state index in [1.165, 1.54) is 10.7 Å². The minimum atomic E-state index is -3.52. The summed E-state index contributed by atoms with van der Waals surface area (Å²) in [7, 11) is -1.89. The van der Waals surface area contributed by atoms with Gasteiger partial charge in [-0.3, -0.25) is 14.6 Å². The standard InChI is InChI=1S/C16H14N2O3S/c1-18-16(19)11-15(17-18)12-7-9-14(10-8-12)22(20,21)13-5-3-2-4-6-13/h2-11,17H,1H3. The smallest absolute Gasteiger partial charge is 0.266 e. The second-order valence-electron chi connectivity index (χ2n) is 4.91. The molecule has 2 aromatic carbocycles. The Morgan fingerprint density at radius 2 is 1.50 bits per heavy atom. The highest BCUT2D eigenvalue weighted by Crippen LogP contribution is 2.23. The summed E-state index contributed by atoms with van der Waals surface area (Å²) in [4.78, 5) is 11.9. The summed E-state index contributed by atoms with van der Waals surface area (Å²) in [5, 5.41) is 2.91. The van der Waals surface area contributed by atoms with Crippen molar-refractivity contribution in [1.82, 2.24) is 9.78 Å². The van der Waals surface area contributed by atoms with Crippen LogP contribution in [0.2, 0.25) is 0 Å². The molecule has 0 aliphatic rings. The second kappa shape index (κ2) is 5.31. The van der Waals surface area contributed by atoms with Crippen LogP contribution in [-0.4, -0.2) is 18.2 Å². The number of aryl methyl sites for hydroxylation is 1. The third kappa shape index (κ3) is 2.48. The van der Waals surface area contributed by atoms with Gasteiger partial charge in [0.05, 0.1) is 15.5 Å². The first-order valence-electron chi connectivity index (χ1n) is 6.65. The van der Waals surface area contributed by atoms with Gasteiger partial charge in [0.2, 0.25) is 9.84 Å². The van der Waals surface area contributed by atoms with Gasteiger partial charge >= 0.3 is 0 Å². The summed E-state index contributed by atoms with van der Waals surface area (Å²) in [6.45, 7) is 0. The predicted molar refractivity (Wildman–Crippen MR) is 83.4 cm³/mol. The Balaban J connectivity index is 2.00. The number of nitrogens with one attached hydrogen (secondary N) is 1. The van der Waals surface area contributed by atoms with E-state index in [1.54, 1.807) is 61.6 Å². The number of hydrogen-bond acceptors (Lipinski definition) is 3. The molecule has 0 unspecified atom stereocenters. The highest BCUT2D eigenvalue weighted by atomic mass is 32.2. The molecular weight excluding hydrogens is 300 g/mol. The molecule has 1 aromatic heterocycles. The second-order valence-corrected chi connectivity index (χ2v) is 6.86. The maximum Gasteiger partial charge on any atom is 0.266 e. The lowest BCUT2D eigenvalue weighted by atomic mass is 10.2. The summed E-state index contributed by atoms with van der Waals surface area (Å²) in [5.41, 5.74) is 1.26. The SMILES string of the molecule is Cn1[nH]c(-c2ccc(S(=O)(=O)c3ccccc3)cc2)cc1=O. The van der Waals surface area contributed by atoms with E-state index in [-0.39, 0.29) is 15.4 Å². The molecule has 5 nitrogen and oxygen atoms in total. The number of aromatic nitrogens is 2. The van der Waals surface area contributed by atoms with E-state index in [2.05, 4.69) is 5.10 Å². The number of sulfone groups is 1. The average Bonchev–Trinajstić information content (AvgIpc) is 2.88. The van der Waals surface area contributed by atoms with Crippen molar-refractivity contribution in [1.29, 1.82) is 0 Å². The first-order valence-corrected chi connectivity index (χ1v) is 8.13. The van der Waals surface area contributed by atoms with E-state index < -0.39 is 9.84 Å². The van der Waals surface area contributed by atoms with Gasteiger partial charge in [0.15, 0.2) is 0 Å². The van der Waals surface area contributed by atoms with Gasteiger partial charge in [-0.1, -0.05) is 30.3 Å². The van der Waals surface area contributed by atoms with Crippen LogP contribution >= 0.6 is 0 Å². The molecular formula is C16H14N2O3S. The first-order chi connectivity index (χ1) is 10.5. The van der Waals surface area contributed by atoms with Gasteiger partial charge in [-0.15, -0.1) is 0 Å². The molecule has 3 rings (SSSR count). The molecule has 0 spiro atoms. The largest absolute Gasteiger partial charge is 0.295 e. The normalized spacial score (nSPS) is 11.5. The van der Waals surface area contributed by atoms with Gasteiger partial charge in [-0.05, 0) is 29.8 Å². The molecule has 6 heteroatoms. The maximum absolute atomic E-state index is 12.5. The lowest BCUT2D eigenvalue weighted by Gasteiger charge is -2.05. The Labute approximate surface area is 127 Å². The highest BCUT2D eigenvalue weighted by molar-refractivity contribution is 7.91. The Bertz CT molecular complexity index is 953. The van der Waals surface area contributed by atoms with Gasteiger partial charge in [-0.2, -0.15) is 0 Å². The molecule has 22 heavy (non-hydrogen) atoms. The Kier molecular flexibility index (Phi) is 3.46. The van der Waals surface area contributed by atoms with Gasteiger partial charge in [0.25, 0.3) is 5.56 Å². The van der Waals surface area contributed by atoms with Crippen molar-refractivity contribution >= 4 is 9.84 Å². The fraction of sp³-hybridized carbons (Fsp3) is 0.0625. The first kappa shape index (κ1) is 14.3. The summed E-state index contributed by atoms with van der Waals surface area (Å²) in [6.07, 6.45) is 0. The van der Waals surface area contributed by atoms with E-state index in [9.17, 15) is 13.2 Å². The topological polar surface area (TPSA) is 71.9 Å². The lowest BCUT2D eigenvalue weighted by Crippen LogP contribution is -2.09. The number of nitrogens with zero attached hydrogens (tertiary/aromatic N) is 1. The fourth-order valence-corrected chi connectivity index (χ4v) is 3.47. The van der Waals surface area contributed by atoms with Crippen molar-refractivity contribution in [2.24, 2.45) is 7.05 Å². The van der Waals surface area contributed by atoms with Crippen LogP contribution in [0.15, 0.2) is 75.2 Å². The molecule has 0 bridgehead atoms. The van der Waals surface area contributed by atoms with Crippen molar-refractivity contribution < 1.29 is 8.42 Å². The van der Waals surface area contributed by atoms with Gasteiger partial charge in [0.1, 0.15) is 0 Å². The monoisotopic (exact) mass is 314 g/mol. The van der Waals surface area contributed by atoms with Crippen molar-refractivity contribution in [3.05, 3.63) is 71.0 Å². The molecule has 1 heterocycles. The molecule has 112 valence electrons. The molecule has 0 amide bonds. The van der Waals surface area contributed by atoms with Crippen LogP contribution in [0.25, 0.3) is 11.3 Å². The van der Waals surface area contributed by atoms with Crippen LogP contribution in [0.4, 0.5) is 0 Å². The number of hydrogen-bond donors (Lipinski definition) is 1. The van der Waals surface area contributed by atoms with Crippen molar-refractivity contribution in [2.75, 3.05) is 0 Å². The van der Waals surface area contributed by atoms with E-state index in [4.69, 9.17) is 0 Å². The molecule has 0 saturated carbocycles. The number of benzene rings is 2. The van der Waals surface area contributed by atoms with Crippen molar-refractivity contribution in [3.8, 4) is 11.3 Å². The quantitative estimate of drug-likeness (QED) is 0.805. The summed E-state index contributed by atoms with van der Waals surface area (Å²) in [5.74, 6) is 0.